The molecule has 3 rings (SSSR count). The normalized spacial score (nSPS) is 14.4. The maximum Gasteiger partial charge on any atom is 0.225 e. The van der Waals surface area contributed by atoms with E-state index in [0.717, 1.165) is 18.8 Å². The average molecular weight is 259 g/mol. The van der Waals surface area contributed by atoms with Crippen LogP contribution in [0.2, 0.25) is 0 Å². The maximum absolute atomic E-state index is 10.6. The van der Waals surface area contributed by atoms with Gasteiger partial charge in [0.15, 0.2) is 6.29 Å². The summed E-state index contributed by atoms with van der Waals surface area (Å²) in [6.07, 6.45) is 6.33. The number of carbonyl (C=O) groups is 1. The molecule has 2 aromatic rings. The van der Waals surface area contributed by atoms with Crippen LogP contribution in [0.15, 0.2) is 29.9 Å². The zero-order valence-corrected chi connectivity index (χ0v) is 10.6. The fraction of sp³-hybridized carbons (Fsp3) is 0.308. The molecule has 0 spiro atoms. The molecule has 0 aliphatic heterocycles. The van der Waals surface area contributed by atoms with Gasteiger partial charge in [-0.1, -0.05) is 6.07 Å². The van der Waals surface area contributed by atoms with E-state index in [9.17, 15) is 4.79 Å². The van der Waals surface area contributed by atoms with Crippen molar-refractivity contribution in [1.82, 2.24) is 9.97 Å². The quantitative estimate of drug-likeness (QED) is 0.774. The molecule has 0 amide bonds. The summed E-state index contributed by atoms with van der Waals surface area (Å²) < 4.78 is 0. The van der Waals surface area contributed by atoms with Crippen LogP contribution in [-0.4, -0.2) is 22.3 Å². The third-order valence-corrected chi connectivity index (χ3v) is 3.81. The Balaban J connectivity index is 1.82. The minimum atomic E-state index is 0.519. The summed E-state index contributed by atoms with van der Waals surface area (Å²) in [4.78, 5) is 22.7. The highest BCUT2D eigenvalue weighted by Crippen LogP contribution is 2.31. The molecule has 0 aromatic carbocycles. The molecule has 1 fully saturated rings. The smallest absolute Gasteiger partial charge is 0.225 e. The Bertz CT molecular complexity index is 520. The minimum Gasteiger partial charge on any atom is -0.333 e. The molecule has 5 heteroatoms. The number of thiophene rings is 1. The van der Waals surface area contributed by atoms with Gasteiger partial charge in [0.2, 0.25) is 5.95 Å². The molecule has 0 unspecified atom stereocenters. The summed E-state index contributed by atoms with van der Waals surface area (Å²) in [5, 5.41) is 2.08. The SMILES string of the molecule is O=Cc1cnc(N(Cc2cccs2)C2CC2)nc1. The summed E-state index contributed by atoms with van der Waals surface area (Å²) in [6.45, 7) is 0.850. The van der Waals surface area contributed by atoms with Gasteiger partial charge in [0, 0.05) is 23.3 Å². The predicted octanol–water partition coefficient (Wildman–Crippen LogP) is 2.52. The lowest BCUT2D eigenvalue weighted by Crippen LogP contribution is -2.26. The topological polar surface area (TPSA) is 46.1 Å². The average Bonchev–Trinajstić information content (AvgIpc) is 3.13. The maximum atomic E-state index is 10.6. The Morgan fingerprint density at radius 1 is 1.39 bits per heavy atom. The van der Waals surface area contributed by atoms with Crippen LogP contribution in [0.4, 0.5) is 5.95 Å². The molecule has 1 saturated carbocycles. The van der Waals surface area contributed by atoms with Gasteiger partial charge in [-0.05, 0) is 24.3 Å². The van der Waals surface area contributed by atoms with Crippen molar-refractivity contribution in [3.05, 3.63) is 40.3 Å². The molecule has 2 heterocycles. The van der Waals surface area contributed by atoms with Crippen LogP contribution in [0.3, 0.4) is 0 Å². The van der Waals surface area contributed by atoms with Gasteiger partial charge in [-0.15, -0.1) is 11.3 Å². The fourth-order valence-corrected chi connectivity index (χ4v) is 2.56. The minimum absolute atomic E-state index is 0.519. The van der Waals surface area contributed by atoms with E-state index in [-0.39, 0.29) is 0 Å². The van der Waals surface area contributed by atoms with Crippen molar-refractivity contribution in [2.45, 2.75) is 25.4 Å². The summed E-state index contributed by atoms with van der Waals surface area (Å²) in [7, 11) is 0. The van der Waals surface area contributed by atoms with E-state index in [1.54, 1.807) is 23.7 Å². The Kier molecular flexibility index (Phi) is 3.06. The number of aromatic nitrogens is 2. The lowest BCUT2D eigenvalue weighted by atomic mass is 10.4. The van der Waals surface area contributed by atoms with E-state index in [4.69, 9.17) is 0 Å². The van der Waals surface area contributed by atoms with Crippen LogP contribution in [0.25, 0.3) is 0 Å². The van der Waals surface area contributed by atoms with Crippen LogP contribution < -0.4 is 4.90 Å². The largest absolute Gasteiger partial charge is 0.333 e. The van der Waals surface area contributed by atoms with Gasteiger partial charge in [-0.25, -0.2) is 9.97 Å². The molecule has 1 aliphatic carbocycles. The van der Waals surface area contributed by atoms with E-state index < -0.39 is 0 Å². The van der Waals surface area contributed by atoms with Crippen molar-refractivity contribution in [1.29, 1.82) is 0 Å². The number of hydrogen-bond donors (Lipinski definition) is 0. The number of nitrogens with zero attached hydrogens (tertiary/aromatic N) is 3. The molecule has 0 saturated heterocycles. The first-order valence-electron chi connectivity index (χ1n) is 5.93. The molecule has 4 nitrogen and oxygen atoms in total. The van der Waals surface area contributed by atoms with Crippen LogP contribution >= 0.6 is 11.3 Å². The molecule has 0 N–H and O–H groups in total. The monoisotopic (exact) mass is 259 g/mol. The van der Waals surface area contributed by atoms with Gasteiger partial charge in [0.05, 0.1) is 12.1 Å². The number of anilines is 1. The molecule has 0 radical (unpaired) electrons. The van der Waals surface area contributed by atoms with Gasteiger partial charge in [-0.3, -0.25) is 4.79 Å². The molecule has 1 aliphatic rings. The number of rotatable bonds is 5. The lowest BCUT2D eigenvalue weighted by Gasteiger charge is -2.21. The van der Waals surface area contributed by atoms with Crippen LogP contribution in [0.1, 0.15) is 28.1 Å². The third-order valence-electron chi connectivity index (χ3n) is 2.95. The second kappa shape index (κ2) is 4.86. The first kappa shape index (κ1) is 11.3. The predicted molar refractivity (Wildman–Crippen MR) is 70.9 cm³/mol. The van der Waals surface area contributed by atoms with E-state index in [1.165, 1.54) is 17.7 Å². The van der Waals surface area contributed by atoms with Crippen molar-refractivity contribution in [3.63, 3.8) is 0 Å². The zero-order valence-electron chi connectivity index (χ0n) is 9.82. The highest BCUT2D eigenvalue weighted by Gasteiger charge is 2.31. The Morgan fingerprint density at radius 2 is 2.17 bits per heavy atom. The van der Waals surface area contributed by atoms with Crippen molar-refractivity contribution in [2.24, 2.45) is 0 Å². The summed E-state index contributed by atoms with van der Waals surface area (Å²) in [5.74, 6) is 0.719. The van der Waals surface area contributed by atoms with Crippen molar-refractivity contribution >= 4 is 23.6 Å². The van der Waals surface area contributed by atoms with Crippen molar-refractivity contribution in [3.8, 4) is 0 Å². The van der Waals surface area contributed by atoms with E-state index >= 15 is 0 Å². The summed E-state index contributed by atoms with van der Waals surface area (Å²) in [5.41, 5.74) is 0.519. The molecule has 2 aromatic heterocycles. The Morgan fingerprint density at radius 3 is 2.72 bits per heavy atom. The van der Waals surface area contributed by atoms with Crippen molar-refractivity contribution < 1.29 is 4.79 Å². The van der Waals surface area contributed by atoms with E-state index in [0.29, 0.717) is 11.6 Å². The number of carbonyl (C=O) groups excluding carboxylic acids is 1. The molecule has 0 atom stereocenters. The van der Waals surface area contributed by atoms with E-state index in [1.807, 2.05) is 0 Å². The van der Waals surface area contributed by atoms with Gasteiger partial charge >= 0.3 is 0 Å². The second-order valence-corrected chi connectivity index (χ2v) is 5.40. The lowest BCUT2D eigenvalue weighted by molar-refractivity contribution is 0.112. The Hall–Kier alpha value is -1.75. The zero-order chi connectivity index (χ0) is 12.4. The molecule has 18 heavy (non-hydrogen) atoms. The van der Waals surface area contributed by atoms with E-state index in [2.05, 4.69) is 32.4 Å². The standard InChI is InChI=1S/C13H13N3OS/c17-9-10-6-14-13(15-7-10)16(11-3-4-11)8-12-2-1-5-18-12/h1-2,5-7,9,11H,3-4,8H2. The highest BCUT2D eigenvalue weighted by molar-refractivity contribution is 7.09. The van der Waals surface area contributed by atoms with Crippen LogP contribution in [0.5, 0.6) is 0 Å². The van der Waals surface area contributed by atoms with Gasteiger partial charge in [-0.2, -0.15) is 0 Å². The summed E-state index contributed by atoms with van der Waals surface area (Å²) in [6, 6.07) is 4.73. The molecular formula is C13H13N3OS. The molecule has 0 bridgehead atoms. The molecular weight excluding hydrogens is 246 g/mol. The number of hydrogen-bond acceptors (Lipinski definition) is 5. The van der Waals surface area contributed by atoms with Crippen molar-refractivity contribution in [2.75, 3.05) is 4.90 Å². The van der Waals surface area contributed by atoms with Crippen LogP contribution in [-0.2, 0) is 6.54 Å². The van der Waals surface area contributed by atoms with Crippen LogP contribution in [0, 0.1) is 0 Å². The first-order chi connectivity index (χ1) is 8.86. The highest BCUT2D eigenvalue weighted by atomic mass is 32.1. The van der Waals surface area contributed by atoms with Gasteiger partial charge in [0.1, 0.15) is 0 Å². The van der Waals surface area contributed by atoms with Gasteiger partial charge < -0.3 is 4.90 Å². The number of aldehydes is 1. The Labute approximate surface area is 109 Å². The molecule has 92 valence electrons. The fourth-order valence-electron chi connectivity index (χ4n) is 1.86. The summed E-state index contributed by atoms with van der Waals surface area (Å²) >= 11 is 1.75. The first-order valence-corrected chi connectivity index (χ1v) is 6.81. The van der Waals surface area contributed by atoms with Gasteiger partial charge in [0.25, 0.3) is 0 Å². The third kappa shape index (κ3) is 2.41. The second-order valence-electron chi connectivity index (χ2n) is 4.37.